The molecule has 2 rings (SSSR count). The van der Waals surface area contributed by atoms with E-state index in [1.807, 2.05) is 0 Å². The average molecular weight is 232 g/mol. The van der Waals surface area contributed by atoms with E-state index in [0.717, 1.165) is 12.5 Å². The molecule has 0 spiro atoms. The fraction of sp³-hybridized carbons (Fsp3) is 0.600. The van der Waals surface area contributed by atoms with Gasteiger partial charge in [-0.1, -0.05) is 31.2 Å². The number of nitrogens with two attached hydrogens (primary N) is 1. The van der Waals surface area contributed by atoms with Crippen LogP contribution in [-0.4, -0.2) is 17.5 Å². The summed E-state index contributed by atoms with van der Waals surface area (Å²) in [5.74, 6) is 0.881. The first-order valence-electron chi connectivity index (χ1n) is 6.71. The van der Waals surface area contributed by atoms with Gasteiger partial charge in [-0.2, -0.15) is 0 Å². The molecule has 94 valence electrons. The molecule has 2 unspecified atom stereocenters. The molecule has 0 amide bonds. The Morgan fingerprint density at radius 1 is 1.24 bits per heavy atom. The molecule has 1 fully saturated rings. The van der Waals surface area contributed by atoms with E-state index >= 15 is 0 Å². The Hall–Kier alpha value is -0.860. The van der Waals surface area contributed by atoms with Crippen LogP contribution in [0.3, 0.4) is 0 Å². The molecule has 2 nitrogen and oxygen atoms in total. The lowest BCUT2D eigenvalue weighted by atomic mass is 9.92. The van der Waals surface area contributed by atoms with Gasteiger partial charge in [0.1, 0.15) is 0 Å². The number of likely N-dealkylation sites (tertiary alicyclic amines) is 1. The van der Waals surface area contributed by atoms with Gasteiger partial charge in [-0.05, 0) is 43.4 Å². The summed E-state index contributed by atoms with van der Waals surface area (Å²) < 4.78 is 0. The quantitative estimate of drug-likeness (QED) is 0.868. The van der Waals surface area contributed by atoms with Crippen molar-refractivity contribution in [3.05, 3.63) is 35.4 Å². The second-order valence-corrected chi connectivity index (χ2v) is 5.42. The summed E-state index contributed by atoms with van der Waals surface area (Å²) in [7, 11) is 0. The van der Waals surface area contributed by atoms with Crippen LogP contribution in [0.25, 0.3) is 0 Å². The van der Waals surface area contributed by atoms with Crippen LogP contribution in [-0.2, 0) is 13.1 Å². The maximum absolute atomic E-state index is 5.79. The van der Waals surface area contributed by atoms with Crippen LogP contribution in [0.5, 0.6) is 0 Å². The lowest BCUT2D eigenvalue weighted by Crippen LogP contribution is -2.39. The molecule has 0 radical (unpaired) electrons. The van der Waals surface area contributed by atoms with Gasteiger partial charge in [0, 0.05) is 19.1 Å². The number of rotatable bonds is 3. The van der Waals surface area contributed by atoms with Crippen molar-refractivity contribution in [2.75, 3.05) is 6.54 Å². The topological polar surface area (TPSA) is 29.3 Å². The summed E-state index contributed by atoms with van der Waals surface area (Å²) in [6, 6.07) is 9.25. The highest BCUT2D eigenvalue weighted by molar-refractivity contribution is 5.26. The van der Waals surface area contributed by atoms with Crippen molar-refractivity contribution in [3.8, 4) is 0 Å². The first kappa shape index (κ1) is 12.6. The zero-order chi connectivity index (χ0) is 12.3. The zero-order valence-electron chi connectivity index (χ0n) is 11.0. The van der Waals surface area contributed by atoms with E-state index in [1.165, 1.54) is 30.5 Å². The molecule has 1 heterocycles. The molecular weight excluding hydrogens is 208 g/mol. The van der Waals surface area contributed by atoms with Gasteiger partial charge in [0.15, 0.2) is 0 Å². The van der Waals surface area contributed by atoms with Crippen LogP contribution in [0.15, 0.2) is 24.3 Å². The summed E-state index contributed by atoms with van der Waals surface area (Å²) in [6.07, 6.45) is 2.65. The first-order chi connectivity index (χ1) is 8.20. The van der Waals surface area contributed by atoms with Crippen molar-refractivity contribution in [1.82, 2.24) is 4.90 Å². The highest BCUT2D eigenvalue weighted by atomic mass is 15.2. The van der Waals surface area contributed by atoms with Crippen molar-refractivity contribution in [1.29, 1.82) is 0 Å². The minimum Gasteiger partial charge on any atom is -0.326 e. The van der Waals surface area contributed by atoms with Crippen molar-refractivity contribution >= 4 is 0 Å². The van der Waals surface area contributed by atoms with Crippen LogP contribution in [0, 0.1) is 5.92 Å². The van der Waals surface area contributed by atoms with Gasteiger partial charge >= 0.3 is 0 Å². The Morgan fingerprint density at radius 3 is 2.59 bits per heavy atom. The second kappa shape index (κ2) is 5.65. The molecule has 2 atom stereocenters. The molecule has 0 bridgehead atoms. The molecule has 0 aliphatic carbocycles. The zero-order valence-corrected chi connectivity index (χ0v) is 11.0. The van der Waals surface area contributed by atoms with Crippen molar-refractivity contribution in [3.63, 3.8) is 0 Å². The molecule has 17 heavy (non-hydrogen) atoms. The maximum atomic E-state index is 5.79. The number of hydrogen-bond donors (Lipinski definition) is 1. The van der Waals surface area contributed by atoms with Gasteiger partial charge in [-0.3, -0.25) is 4.90 Å². The van der Waals surface area contributed by atoms with Gasteiger partial charge in [0.05, 0.1) is 0 Å². The Kier molecular flexibility index (Phi) is 4.19. The third-order valence-corrected chi connectivity index (χ3v) is 3.99. The normalized spacial score (nSPS) is 26.1. The molecular formula is C15H24N2. The number of nitrogens with zero attached hydrogens (tertiary/aromatic N) is 1. The van der Waals surface area contributed by atoms with Crippen molar-refractivity contribution < 1.29 is 0 Å². The second-order valence-electron chi connectivity index (χ2n) is 5.42. The van der Waals surface area contributed by atoms with E-state index in [0.29, 0.717) is 12.6 Å². The summed E-state index contributed by atoms with van der Waals surface area (Å²) in [5.41, 5.74) is 8.48. The van der Waals surface area contributed by atoms with Crippen LogP contribution in [0.4, 0.5) is 0 Å². The van der Waals surface area contributed by atoms with Gasteiger partial charge in [0.25, 0.3) is 0 Å². The molecule has 0 aromatic heterocycles. The molecule has 1 aromatic rings. The first-order valence-corrected chi connectivity index (χ1v) is 6.71. The minimum absolute atomic E-state index is 0.648. The van der Waals surface area contributed by atoms with E-state index < -0.39 is 0 Å². The number of hydrogen-bond acceptors (Lipinski definition) is 2. The monoisotopic (exact) mass is 232 g/mol. The molecule has 1 aromatic carbocycles. The van der Waals surface area contributed by atoms with E-state index in [-0.39, 0.29) is 0 Å². The average Bonchev–Trinajstić information content (AvgIpc) is 2.33. The Bertz CT molecular complexity index is 362. The highest BCUT2D eigenvalue weighted by Crippen LogP contribution is 2.24. The molecule has 1 aliphatic rings. The Balaban J connectivity index is 2.05. The van der Waals surface area contributed by atoms with Gasteiger partial charge < -0.3 is 5.73 Å². The van der Waals surface area contributed by atoms with Crippen molar-refractivity contribution in [2.45, 2.75) is 45.8 Å². The van der Waals surface area contributed by atoms with E-state index in [4.69, 9.17) is 5.73 Å². The van der Waals surface area contributed by atoms with Crippen LogP contribution >= 0.6 is 0 Å². The van der Waals surface area contributed by atoms with Crippen molar-refractivity contribution in [2.24, 2.45) is 11.7 Å². The molecule has 1 saturated heterocycles. The maximum Gasteiger partial charge on any atom is 0.0239 e. The Morgan fingerprint density at radius 2 is 1.94 bits per heavy atom. The molecule has 2 heteroatoms. The fourth-order valence-electron chi connectivity index (χ4n) is 2.82. The predicted octanol–water partition coefficient (Wildman–Crippen LogP) is 2.77. The minimum atomic E-state index is 0.648. The van der Waals surface area contributed by atoms with Gasteiger partial charge in [0.2, 0.25) is 0 Å². The summed E-state index contributed by atoms with van der Waals surface area (Å²) in [5, 5.41) is 0. The summed E-state index contributed by atoms with van der Waals surface area (Å²) in [4.78, 5) is 2.59. The third kappa shape index (κ3) is 3.08. The third-order valence-electron chi connectivity index (χ3n) is 3.99. The van der Waals surface area contributed by atoms with Crippen LogP contribution in [0.1, 0.15) is 37.8 Å². The SMILES string of the molecule is CC1CCN(Cc2ccccc2CN)C(C)C1. The molecule has 2 N–H and O–H groups in total. The Labute approximate surface area is 105 Å². The fourth-order valence-corrected chi connectivity index (χ4v) is 2.82. The van der Waals surface area contributed by atoms with E-state index in [2.05, 4.69) is 43.0 Å². The largest absolute Gasteiger partial charge is 0.326 e. The van der Waals surface area contributed by atoms with Gasteiger partial charge in [-0.25, -0.2) is 0 Å². The summed E-state index contributed by atoms with van der Waals surface area (Å²) in [6.45, 7) is 7.64. The van der Waals surface area contributed by atoms with Crippen LogP contribution < -0.4 is 5.73 Å². The van der Waals surface area contributed by atoms with Gasteiger partial charge in [-0.15, -0.1) is 0 Å². The smallest absolute Gasteiger partial charge is 0.0239 e. The number of benzene rings is 1. The molecule has 1 aliphatic heterocycles. The highest BCUT2D eigenvalue weighted by Gasteiger charge is 2.22. The van der Waals surface area contributed by atoms with E-state index in [9.17, 15) is 0 Å². The van der Waals surface area contributed by atoms with E-state index in [1.54, 1.807) is 0 Å². The standard InChI is InChI=1S/C15H24N2/c1-12-7-8-17(13(2)9-12)11-15-6-4-3-5-14(15)10-16/h3-6,12-13H,7-11,16H2,1-2H3. The lowest BCUT2D eigenvalue weighted by molar-refractivity contribution is 0.122. The lowest BCUT2D eigenvalue weighted by Gasteiger charge is -2.36. The number of piperidine rings is 1. The molecule has 0 saturated carbocycles. The predicted molar refractivity (Wildman–Crippen MR) is 72.6 cm³/mol. The summed E-state index contributed by atoms with van der Waals surface area (Å²) >= 11 is 0. The van der Waals surface area contributed by atoms with Crippen LogP contribution in [0.2, 0.25) is 0 Å².